The maximum atomic E-state index is 5.83. The van der Waals surface area contributed by atoms with Gasteiger partial charge in [-0.1, -0.05) is 30.3 Å². The van der Waals surface area contributed by atoms with Crippen LogP contribution in [0.4, 0.5) is 5.82 Å². The summed E-state index contributed by atoms with van der Waals surface area (Å²) in [6, 6.07) is 3.41. The van der Waals surface area contributed by atoms with Crippen molar-refractivity contribution in [3.63, 3.8) is 0 Å². The first-order chi connectivity index (χ1) is 9.04. The molecule has 0 amide bonds. The van der Waals surface area contributed by atoms with Gasteiger partial charge in [0.05, 0.1) is 0 Å². The van der Waals surface area contributed by atoms with Crippen molar-refractivity contribution in [2.45, 2.75) is 24.9 Å². The van der Waals surface area contributed by atoms with Crippen LogP contribution in [0.2, 0.25) is 5.15 Å². The van der Waals surface area contributed by atoms with E-state index in [9.17, 15) is 0 Å². The molecular formula is C12H14ClN5S. The van der Waals surface area contributed by atoms with E-state index in [1.807, 2.05) is 13.0 Å². The van der Waals surface area contributed by atoms with Gasteiger partial charge >= 0.3 is 0 Å². The third-order valence-electron chi connectivity index (χ3n) is 2.41. The molecule has 0 aromatic carbocycles. The normalized spacial score (nSPS) is 12.4. The molecule has 0 aliphatic heterocycles. The van der Waals surface area contributed by atoms with Crippen LogP contribution in [0.3, 0.4) is 0 Å². The average Bonchev–Trinajstić information content (AvgIpc) is 2.35. The summed E-state index contributed by atoms with van der Waals surface area (Å²) in [5, 5.41) is 0.930. The van der Waals surface area contributed by atoms with E-state index in [0.29, 0.717) is 16.1 Å². The molecule has 0 fully saturated rings. The summed E-state index contributed by atoms with van der Waals surface area (Å²) in [7, 11) is 0. The molecule has 100 valence electrons. The van der Waals surface area contributed by atoms with Crippen LogP contribution in [0.1, 0.15) is 24.4 Å². The molecule has 2 rings (SSSR count). The zero-order chi connectivity index (χ0) is 13.8. The summed E-state index contributed by atoms with van der Waals surface area (Å²) in [5.41, 5.74) is 6.59. The molecule has 0 bridgehead atoms. The molecule has 1 atom stereocenters. The number of hydrogen-bond acceptors (Lipinski definition) is 6. The van der Waals surface area contributed by atoms with E-state index in [-0.39, 0.29) is 5.92 Å². The monoisotopic (exact) mass is 295 g/mol. The summed E-state index contributed by atoms with van der Waals surface area (Å²) >= 11 is 7.32. The smallest absolute Gasteiger partial charge is 0.190 e. The molecule has 0 saturated carbocycles. The second-order valence-electron chi connectivity index (χ2n) is 4.17. The fourth-order valence-electron chi connectivity index (χ4n) is 1.46. The molecule has 0 saturated heterocycles. The molecule has 1 unspecified atom stereocenters. The number of anilines is 1. The second-order valence-corrected chi connectivity index (χ2v) is 5.54. The molecule has 2 aromatic heterocycles. The van der Waals surface area contributed by atoms with Gasteiger partial charge in [-0.15, -0.1) is 0 Å². The lowest BCUT2D eigenvalue weighted by molar-refractivity contribution is 0.774. The maximum absolute atomic E-state index is 5.83. The molecule has 0 spiro atoms. The molecule has 5 nitrogen and oxygen atoms in total. The Morgan fingerprint density at radius 3 is 2.84 bits per heavy atom. The SMILES string of the molecule is Cc1ccnc(C(C)CSc2nc(N)cc(Cl)n2)n1. The van der Waals surface area contributed by atoms with Crippen molar-refractivity contribution in [3.05, 3.63) is 35.0 Å². The van der Waals surface area contributed by atoms with Crippen LogP contribution in [0.15, 0.2) is 23.5 Å². The lowest BCUT2D eigenvalue weighted by Gasteiger charge is -2.09. The van der Waals surface area contributed by atoms with Gasteiger partial charge in [-0.2, -0.15) is 0 Å². The number of hydrogen-bond donors (Lipinski definition) is 1. The third kappa shape index (κ3) is 4.04. The Morgan fingerprint density at radius 1 is 1.37 bits per heavy atom. The van der Waals surface area contributed by atoms with Gasteiger partial charge in [-0.3, -0.25) is 0 Å². The molecule has 0 radical (unpaired) electrons. The number of nitrogens with two attached hydrogens (primary N) is 1. The van der Waals surface area contributed by atoms with Crippen molar-refractivity contribution in [1.29, 1.82) is 0 Å². The van der Waals surface area contributed by atoms with E-state index in [0.717, 1.165) is 17.3 Å². The van der Waals surface area contributed by atoms with Crippen molar-refractivity contribution < 1.29 is 0 Å². The number of halogens is 1. The Labute approximate surface area is 121 Å². The molecule has 7 heteroatoms. The van der Waals surface area contributed by atoms with Gasteiger partial charge < -0.3 is 5.73 Å². The van der Waals surface area contributed by atoms with Crippen molar-refractivity contribution in [1.82, 2.24) is 19.9 Å². The summed E-state index contributed by atoms with van der Waals surface area (Å²) in [5.74, 6) is 2.17. The Morgan fingerprint density at radius 2 is 2.16 bits per heavy atom. The quantitative estimate of drug-likeness (QED) is 0.531. The fraction of sp³-hybridized carbons (Fsp3) is 0.333. The van der Waals surface area contributed by atoms with Crippen molar-refractivity contribution >= 4 is 29.2 Å². The van der Waals surface area contributed by atoms with E-state index < -0.39 is 0 Å². The standard InChI is InChI=1S/C12H14ClN5S/c1-7(11-15-4-3-8(2)16-11)6-19-12-17-9(13)5-10(14)18-12/h3-5,7H,6H2,1-2H3,(H2,14,17,18). The van der Waals surface area contributed by atoms with Crippen molar-refractivity contribution in [2.24, 2.45) is 0 Å². The minimum absolute atomic E-state index is 0.203. The predicted molar refractivity (Wildman–Crippen MR) is 77.4 cm³/mol. The average molecular weight is 296 g/mol. The Kier molecular flexibility index (Phi) is 4.55. The van der Waals surface area contributed by atoms with E-state index in [4.69, 9.17) is 17.3 Å². The summed E-state index contributed by atoms with van der Waals surface area (Å²) in [6.07, 6.45) is 1.77. The van der Waals surface area contributed by atoms with Gasteiger partial charge in [0.15, 0.2) is 5.16 Å². The van der Waals surface area contributed by atoms with Crippen LogP contribution >= 0.6 is 23.4 Å². The topological polar surface area (TPSA) is 77.6 Å². The Balaban J connectivity index is 2.02. The van der Waals surface area contributed by atoms with E-state index in [2.05, 4.69) is 26.9 Å². The van der Waals surface area contributed by atoms with Gasteiger partial charge in [-0.25, -0.2) is 19.9 Å². The highest BCUT2D eigenvalue weighted by molar-refractivity contribution is 7.99. The highest BCUT2D eigenvalue weighted by Gasteiger charge is 2.11. The Bertz CT molecular complexity index is 558. The summed E-state index contributed by atoms with van der Waals surface area (Å²) in [6.45, 7) is 4.02. The first-order valence-electron chi connectivity index (χ1n) is 5.77. The third-order valence-corrected chi connectivity index (χ3v) is 3.71. The number of aromatic nitrogens is 4. The number of nitrogen functional groups attached to an aromatic ring is 1. The van der Waals surface area contributed by atoms with E-state index >= 15 is 0 Å². The molecule has 0 aliphatic rings. The van der Waals surface area contributed by atoms with Gasteiger partial charge in [0, 0.05) is 29.6 Å². The van der Waals surface area contributed by atoms with E-state index in [1.165, 1.54) is 17.8 Å². The number of thioether (sulfide) groups is 1. The Hall–Kier alpha value is -1.40. The minimum atomic E-state index is 0.203. The highest BCUT2D eigenvalue weighted by atomic mass is 35.5. The highest BCUT2D eigenvalue weighted by Crippen LogP contribution is 2.23. The van der Waals surface area contributed by atoms with Gasteiger partial charge in [0.25, 0.3) is 0 Å². The lowest BCUT2D eigenvalue weighted by Crippen LogP contribution is -2.05. The molecular weight excluding hydrogens is 282 g/mol. The second kappa shape index (κ2) is 6.16. The zero-order valence-electron chi connectivity index (χ0n) is 10.7. The lowest BCUT2D eigenvalue weighted by atomic mass is 10.2. The molecule has 19 heavy (non-hydrogen) atoms. The molecule has 2 heterocycles. The summed E-state index contributed by atoms with van der Waals surface area (Å²) < 4.78 is 0. The fourth-order valence-corrected chi connectivity index (χ4v) is 2.58. The van der Waals surface area contributed by atoms with Crippen LogP contribution in [0.25, 0.3) is 0 Å². The predicted octanol–water partition coefficient (Wildman–Crippen LogP) is 2.71. The molecule has 2 aromatic rings. The number of rotatable bonds is 4. The molecule has 0 aliphatic carbocycles. The molecule has 2 N–H and O–H groups in total. The van der Waals surface area contributed by atoms with E-state index in [1.54, 1.807) is 6.20 Å². The van der Waals surface area contributed by atoms with Crippen LogP contribution in [0.5, 0.6) is 0 Å². The van der Waals surface area contributed by atoms with Crippen LogP contribution in [-0.2, 0) is 0 Å². The number of aryl methyl sites for hydroxylation is 1. The van der Waals surface area contributed by atoms with Gasteiger partial charge in [0.1, 0.15) is 16.8 Å². The van der Waals surface area contributed by atoms with Crippen LogP contribution < -0.4 is 5.73 Å². The summed E-state index contributed by atoms with van der Waals surface area (Å²) in [4.78, 5) is 16.9. The largest absolute Gasteiger partial charge is 0.384 e. The van der Waals surface area contributed by atoms with Gasteiger partial charge in [-0.05, 0) is 13.0 Å². The van der Waals surface area contributed by atoms with Crippen LogP contribution in [0, 0.1) is 6.92 Å². The van der Waals surface area contributed by atoms with Crippen molar-refractivity contribution in [2.75, 3.05) is 11.5 Å². The first kappa shape index (κ1) is 14.0. The first-order valence-corrected chi connectivity index (χ1v) is 7.13. The van der Waals surface area contributed by atoms with Crippen LogP contribution in [-0.4, -0.2) is 25.7 Å². The van der Waals surface area contributed by atoms with Crippen molar-refractivity contribution in [3.8, 4) is 0 Å². The zero-order valence-corrected chi connectivity index (χ0v) is 12.2. The number of nitrogens with zero attached hydrogens (tertiary/aromatic N) is 4. The maximum Gasteiger partial charge on any atom is 0.190 e. The van der Waals surface area contributed by atoms with Gasteiger partial charge in [0.2, 0.25) is 0 Å². The minimum Gasteiger partial charge on any atom is -0.384 e.